The van der Waals surface area contributed by atoms with Crippen LogP contribution in [0.1, 0.15) is 6.92 Å². The predicted molar refractivity (Wildman–Crippen MR) is 67.6 cm³/mol. The largest absolute Gasteiger partial charge is 0.466 e. The standard InChI is InChI=1S/C14H11N3O3/c1-9(18)10-4-3-5-17-12(10)11(13(19)20-2)6-14(17,7-15)8-16/h3-6,12H,1-2H3. The molecule has 6 nitrogen and oxygen atoms in total. The zero-order chi connectivity index (χ0) is 14.9. The molecule has 0 amide bonds. The van der Waals surface area contributed by atoms with Crippen LogP contribution in [0.5, 0.6) is 0 Å². The van der Waals surface area contributed by atoms with Crippen molar-refractivity contribution in [3.05, 3.63) is 35.6 Å². The van der Waals surface area contributed by atoms with E-state index in [0.29, 0.717) is 5.57 Å². The molecule has 0 aromatic heterocycles. The number of rotatable bonds is 2. The van der Waals surface area contributed by atoms with Gasteiger partial charge in [-0.2, -0.15) is 10.5 Å². The molecule has 0 aromatic carbocycles. The average molecular weight is 269 g/mol. The zero-order valence-electron chi connectivity index (χ0n) is 11.0. The summed E-state index contributed by atoms with van der Waals surface area (Å²) in [6.45, 7) is 1.37. The van der Waals surface area contributed by atoms with Gasteiger partial charge in [0.15, 0.2) is 5.78 Å². The van der Waals surface area contributed by atoms with Crippen molar-refractivity contribution in [2.45, 2.75) is 18.5 Å². The van der Waals surface area contributed by atoms with Crippen LogP contribution < -0.4 is 0 Å². The molecule has 20 heavy (non-hydrogen) atoms. The Morgan fingerprint density at radius 2 is 2.00 bits per heavy atom. The van der Waals surface area contributed by atoms with Crippen LogP contribution in [0, 0.1) is 22.7 Å². The van der Waals surface area contributed by atoms with Crippen LogP contribution in [0.25, 0.3) is 0 Å². The Morgan fingerprint density at radius 3 is 2.50 bits per heavy atom. The van der Waals surface area contributed by atoms with E-state index in [1.165, 1.54) is 31.2 Å². The first-order valence-corrected chi connectivity index (χ1v) is 5.82. The molecule has 0 saturated heterocycles. The molecule has 2 aliphatic rings. The van der Waals surface area contributed by atoms with Crippen LogP contribution in [0.3, 0.4) is 0 Å². The van der Waals surface area contributed by atoms with E-state index in [0.717, 1.165) is 0 Å². The Kier molecular flexibility index (Phi) is 3.17. The summed E-state index contributed by atoms with van der Waals surface area (Å²) >= 11 is 0. The van der Waals surface area contributed by atoms with Crippen molar-refractivity contribution < 1.29 is 14.3 Å². The fourth-order valence-electron chi connectivity index (χ4n) is 2.39. The van der Waals surface area contributed by atoms with Gasteiger partial charge in [0, 0.05) is 11.8 Å². The lowest BCUT2D eigenvalue weighted by Gasteiger charge is -2.33. The smallest absolute Gasteiger partial charge is 0.336 e. The van der Waals surface area contributed by atoms with Gasteiger partial charge in [-0.25, -0.2) is 4.79 Å². The van der Waals surface area contributed by atoms with Crippen molar-refractivity contribution in [1.82, 2.24) is 4.90 Å². The number of ether oxygens (including phenoxy) is 1. The van der Waals surface area contributed by atoms with Crippen LogP contribution in [0.15, 0.2) is 35.6 Å². The second-order valence-corrected chi connectivity index (χ2v) is 4.41. The SMILES string of the molecule is COC(=O)C1=CC(C#N)(C#N)N2C=CC=C(C(C)=O)C12. The lowest BCUT2D eigenvalue weighted by Crippen LogP contribution is -2.46. The second-order valence-electron chi connectivity index (χ2n) is 4.41. The molecule has 0 spiro atoms. The molecule has 100 valence electrons. The molecule has 1 atom stereocenters. The lowest BCUT2D eigenvalue weighted by atomic mass is 9.95. The van der Waals surface area contributed by atoms with Gasteiger partial charge in [-0.1, -0.05) is 6.08 Å². The van der Waals surface area contributed by atoms with Crippen LogP contribution in [0.2, 0.25) is 0 Å². The third-order valence-corrected chi connectivity index (χ3v) is 3.33. The van der Waals surface area contributed by atoms with Crippen molar-refractivity contribution in [3.8, 4) is 12.1 Å². The predicted octanol–water partition coefficient (Wildman–Crippen LogP) is 0.599. The molecule has 2 aliphatic heterocycles. The molecule has 0 saturated carbocycles. The molecule has 0 N–H and O–H groups in total. The maximum Gasteiger partial charge on any atom is 0.336 e. The van der Waals surface area contributed by atoms with E-state index in [-0.39, 0.29) is 11.4 Å². The molecular weight excluding hydrogens is 258 g/mol. The highest BCUT2D eigenvalue weighted by Crippen LogP contribution is 2.38. The van der Waals surface area contributed by atoms with Gasteiger partial charge in [0.25, 0.3) is 0 Å². The normalized spacial score (nSPS) is 22.0. The van der Waals surface area contributed by atoms with Gasteiger partial charge in [-0.15, -0.1) is 0 Å². The quantitative estimate of drug-likeness (QED) is 0.681. The summed E-state index contributed by atoms with van der Waals surface area (Å²) < 4.78 is 4.68. The van der Waals surface area contributed by atoms with E-state index in [9.17, 15) is 20.1 Å². The number of methoxy groups -OCH3 is 1. The molecule has 0 radical (unpaired) electrons. The summed E-state index contributed by atoms with van der Waals surface area (Å²) in [6.07, 6.45) is 5.93. The number of nitriles is 2. The van der Waals surface area contributed by atoms with Gasteiger partial charge in [0.05, 0.1) is 18.7 Å². The molecule has 0 bridgehead atoms. The summed E-state index contributed by atoms with van der Waals surface area (Å²) in [5, 5.41) is 18.6. The molecule has 2 heterocycles. The number of carbonyl (C=O) groups excluding carboxylic acids is 2. The highest BCUT2D eigenvalue weighted by molar-refractivity contribution is 6.01. The monoisotopic (exact) mass is 269 g/mol. The summed E-state index contributed by atoms with van der Waals surface area (Å²) in [6, 6.07) is 3.01. The number of ketones is 1. The first kappa shape index (κ1) is 13.6. The minimum absolute atomic E-state index is 0.126. The minimum Gasteiger partial charge on any atom is -0.466 e. The third-order valence-electron chi connectivity index (χ3n) is 3.33. The van der Waals surface area contributed by atoms with Crippen LogP contribution in [0.4, 0.5) is 0 Å². The van der Waals surface area contributed by atoms with Crippen molar-refractivity contribution in [2.24, 2.45) is 0 Å². The number of Topliss-reactive ketones (excluding diaryl/α,β-unsaturated/α-hetero) is 1. The number of fused-ring (bicyclic) bond motifs is 1. The summed E-state index contributed by atoms with van der Waals surface area (Å²) in [5.41, 5.74) is -1.14. The average Bonchev–Trinajstić information content (AvgIpc) is 2.81. The Hall–Kier alpha value is -2.86. The first-order chi connectivity index (χ1) is 9.50. The molecule has 0 fully saturated rings. The van der Waals surface area contributed by atoms with Crippen molar-refractivity contribution in [3.63, 3.8) is 0 Å². The Morgan fingerprint density at radius 1 is 1.35 bits per heavy atom. The van der Waals surface area contributed by atoms with Crippen LogP contribution in [-0.4, -0.2) is 35.3 Å². The third kappa shape index (κ3) is 1.70. The van der Waals surface area contributed by atoms with Gasteiger partial charge >= 0.3 is 5.97 Å². The number of allylic oxidation sites excluding steroid dienone is 2. The Balaban J connectivity index is 2.63. The number of esters is 1. The number of hydrogen-bond acceptors (Lipinski definition) is 6. The highest BCUT2D eigenvalue weighted by atomic mass is 16.5. The summed E-state index contributed by atoms with van der Waals surface area (Å²) in [7, 11) is 1.21. The molecule has 6 heteroatoms. The Labute approximate surface area is 115 Å². The highest BCUT2D eigenvalue weighted by Gasteiger charge is 2.50. The second kappa shape index (κ2) is 4.67. The van der Waals surface area contributed by atoms with Crippen molar-refractivity contribution in [1.29, 1.82) is 10.5 Å². The first-order valence-electron chi connectivity index (χ1n) is 5.82. The molecule has 2 rings (SSSR count). The topological polar surface area (TPSA) is 94.2 Å². The van der Waals surface area contributed by atoms with Gasteiger partial charge in [0.1, 0.15) is 12.1 Å². The van der Waals surface area contributed by atoms with Crippen LogP contribution in [-0.2, 0) is 14.3 Å². The van der Waals surface area contributed by atoms with E-state index in [4.69, 9.17) is 0 Å². The Bertz CT molecular complexity index is 644. The van der Waals surface area contributed by atoms with Gasteiger partial charge in [-0.3, -0.25) is 4.79 Å². The minimum atomic E-state index is -1.61. The van der Waals surface area contributed by atoms with Crippen LogP contribution >= 0.6 is 0 Å². The summed E-state index contributed by atoms with van der Waals surface area (Å²) in [4.78, 5) is 25.0. The van der Waals surface area contributed by atoms with Crippen molar-refractivity contribution in [2.75, 3.05) is 7.11 Å². The van der Waals surface area contributed by atoms with E-state index in [1.807, 2.05) is 12.1 Å². The van der Waals surface area contributed by atoms with E-state index >= 15 is 0 Å². The summed E-state index contributed by atoms with van der Waals surface area (Å²) in [5.74, 6) is -0.888. The lowest BCUT2D eigenvalue weighted by molar-refractivity contribution is -0.136. The van der Waals surface area contributed by atoms with Gasteiger partial charge in [-0.05, 0) is 19.1 Å². The maximum atomic E-state index is 11.9. The number of hydrogen-bond donors (Lipinski definition) is 0. The molecule has 0 aliphatic carbocycles. The number of carbonyl (C=O) groups is 2. The molecule has 1 unspecified atom stereocenters. The van der Waals surface area contributed by atoms with E-state index in [1.54, 1.807) is 12.2 Å². The fourth-order valence-corrected chi connectivity index (χ4v) is 2.39. The van der Waals surface area contributed by atoms with E-state index in [2.05, 4.69) is 4.74 Å². The zero-order valence-corrected chi connectivity index (χ0v) is 11.0. The van der Waals surface area contributed by atoms with Gasteiger partial charge < -0.3 is 9.64 Å². The van der Waals surface area contributed by atoms with Crippen molar-refractivity contribution >= 4 is 11.8 Å². The number of nitrogens with zero attached hydrogens (tertiary/aromatic N) is 3. The maximum absolute atomic E-state index is 11.9. The van der Waals surface area contributed by atoms with Gasteiger partial charge in [0.2, 0.25) is 5.54 Å². The fraction of sp³-hybridized carbons (Fsp3) is 0.286. The molecule has 0 aromatic rings. The van der Waals surface area contributed by atoms with E-state index < -0.39 is 17.6 Å². The molecular formula is C14H11N3O3.